The van der Waals surface area contributed by atoms with Gasteiger partial charge in [-0.3, -0.25) is 14.4 Å². The normalized spacial score (nSPS) is 24.4. The van der Waals surface area contributed by atoms with Crippen LogP contribution in [0, 0.1) is 29.5 Å². The minimum Gasteiger partial charge on any atom is -0.493 e. The Kier molecular flexibility index (Phi) is 6.02. The van der Waals surface area contributed by atoms with Crippen molar-refractivity contribution in [3.05, 3.63) is 65.0 Å². The minimum atomic E-state index is -0.584. The number of halogens is 2. The Morgan fingerprint density at radius 1 is 1.20 bits per heavy atom. The quantitative estimate of drug-likeness (QED) is 0.358. The number of amides is 3. The van der Waals surface area contributed by atoms with Crippen molar-refractivity contribution in [2.75, 3.05) is 19.0 Å². The highest BCUT2D eigenvalue weighted by Crippen LogP contribution is 2.52. The predicted octanol–water partition coefficient (Wildman–Crippen LogP) is 3.65. The van der Waals surface area contributed by atoms with Gasteiger partial charge in [0.1, 0.15) is 5.82 Å². The highest BCUT2D eigenvalue weighted by molar-refractivity contribution is 6.32. The zero-order chi connectivity index (χ0) is 24.7. The smallest absolute Gasteiger partial charge is 0.262 e. The van der Waals surface area contributed by atoms with Gasteiger partial charge in [-0.1, -0.05) is 35.9 Å². The number of allylic oxidation sites excluding steroid dienone is 2. The maximum Gasteiger partial charge on any atom is 0.262 e. The average Bonchev–Trinajstić information content (AvgIpc) is 3.52. The molecular weight excluding hydrogens is 477 g/mol. The number of hydrogen-bond acceptors (Lipinski definition) is 6. The summed E-state index contributed by atoms with van der Waals surface area (Å²) in [6, 6.07) is 8.83. The van der Waals surface area contributed by atoms with Crippen molar-refractivity contribution in [2.24, 2.45) is 28.8 Å². The fraction of sp³-hybridized carbons (Fsp3) is 0.280. The number of hydrazone groups is 1. The first-order valence-electron chi connectivity index (χ1n) is 11.0. The lowest BCUT2D eigenvalue weighted by atomic mass is 9.85. The Hall–Kier alpha value is -3.72. The van der Waals surface area contributed by atoms with Gasteiger partial charge >= 0.3 is 0 Å². The largest absolute Gasteiger partial charge is 0.493 e. The van der Waals surface area contributed by atoms with E-state index in [1.165, 1.54) is 37.6 Å². The lowest BCUT2D eigenvalue weighted by Crippen LogP contribution is -2.28. The Morgan fingerprint density at radius 3 is 2.54 bits per heavy atom. The average molecular weight is 498 g/mol. The van der Waals surface area contributed by atoms with Crippen molar-refractivity contribution >= 4 is 41.2 Å². The molecule has 10 heteroatoms. The van der Waals surface area contributed by atoms with Crippen LogP contribution < -0.4 is 14.8 Å². The number of para-hydroxylation sites is 1. The third kappa shape index (κ3) is 4.16. The van der Waals surface area contributed by atoms with Gasteiger partial charge in [0.2, 0.25) is 0 Å². The van der Waals surface area contributed by atoms with Crippen LogP contribution in [0.25, 0.3) is 0 Å². The van der Waals surface area contributed by atoms with Crippen LogP contribution in [-0.4, -0.2) is 42.7 Å². The maximum atomic E-state index is 13.7. The van der Waals surface area contributed by atoms with Crippen molar-refractivity contribution in [2.45, 2.75) is 6.42 Å². The van der Waals surface area contributed by atoms with E-state index in [-0.39, 0.29) is 57.7 Å². The number of nitrogens with one attached hydrogen (secondary N) is 1. The van der Waals surface area contributed by atoms with Gasteiger partial charge in [0.15, 0.2) is 18.1 Å². The molecule has 3 amide bonds. The molecule has 2 aromatic rings. The fourth-order valence-electron chi connectivity index (χ4n) is 4.97. The Labute approximate surface area is 205 Å². The van der Waals surface area contributed by atoms with E-state index in [2.05, 4.69) is 10.4 Å². The summed E-state index contributed by atoms with van der Waals surface area (Å²) < 4.78 is 24.6. The molecular formula is C25H21ClFN3O5. The SMILES string of the molecule is COc1cc(C=NN2C(=O)C3C4C=CC(C4)C3C2=O)cc(Cl)c1OCC(=O)Nc1ccccc1F. The third-order valence-electron chi connectivity index (χ3n) is 6.52. The Balaban J connectivity index is 1.27. The summed E-state index contributed by atoms with van der Waals surface area (Å²) in [6.07, 6.45) is 6.24. The summed E-state index contributed by atoms with van der Waals surface area (Å²) in [6.45, 7) is -0.437. The van der Waals surface area contributed by atoms with E-state index in [9.17, 15) is 18.8 Å². The molecule has 1 aliphatic heterocycles. The maximum absolute atomic E-state index is 13.7. The van der Waals surface area contributed by atoms with E-state index in [1.54, 1.807) is 12.1 Å². The summed E-state index contributed by atoms with van der Waals surface area (Å²) in [5.74, 6) is -1.86. The van der Waals surface area contributed by atoms with Gasteiger partial charge in [-0.05, 0) is 48.1 Å². The van der Waals surface area contributed by atoms with Gasteiger partial charge in [0.25, 0.3) is 17.7 Å². The van der Waals surface area contributed by atoms with Gasteiger partial charge in [-0.15, -0.1) is 0 Å². The van der Waals surface area contributed by atoms with E-state index < -0.39 is 18.3 Å². The summed E-state index contributed by atoms with van der Waals surface area (Å²) in [5, 5.41) is 7.63. The molecule has 0 spiro atoms. The summed E-state index contributed by atoms with van der Waals surface area (Å²) in [4.78, 5) is 37.7. The van der Waals surface area contributed by atoms with Crippen molar-refractivity contribution in [3.63, 3.8) is 0 Å². The molecule has 2 aromatic carbocycles. The topological polar surface area (TPSA) is 97.3 Å². The zero-order valence-electron chi connectivity index (χ0n) is 18.6. The highest BCUT2D eigenvalue weighted by Gasteiger charge is 2.59. The Bertz CT molecular complexity index is 1250. The van der Waals surface area contributed by atoms with Crippen molar-refractivity contribution in [1.29, 1.82) is 0 Å². The highest BCUT2D eigenvalue weighted by atomic mass is 35.5. The lowest BCUT2D eigenvalue weighted by molar-refractivity contribution is -0.140. The van der Waals surface area contributed by atoms with E-state index in [0.717, 1.165) is 11.4 Å². The second kappa shape index (κ2) is 9.14. The molecule has 2 bridgehead atoms. The number of hydrogen-bond donors (Lipinski definition) is 1. The molecule has 8 nitrogen and oxygen atoms in total. The first-order valence-corrected chi connectivity index (χ1v) is 11.4. The van der Waals surface area contributed by atoms with Crippen molar-refractivity contribution in [3.8, 4) is 11.5 Å². The van der Waals surface area contributed by atoms with Crippen LogP contribution in [-0.2, 0) is 14.4 Å². The minimum absolute atomic E-state index is 0.0321. The first-order chi connectivity index (χ1) is 16.9. The van der Waals surface area contributed by atoms with Crippen molar-refractivity contribution < 1.29 is 28.2 Å². The number of methoxy groups -OCH3 is 1. The van der Waals surface area contributed by atoms with E-state index in [0.29, 0.717) is 5.56 Å². The van der Waals surface area contributed by atoms with Gasteiger partial charge in [-0.25, -0.2) is 4.39 Å². The number of benzene rings is 2. The number of nitrogens with zero attached hydrogens (tertiary/aromatic N) is 2. The van der Waals surface area contributed by atoms with Crippen LogP contribution >= 0.6 is 11.6 Å². The number of imide groups is 1. The number of rotatable bonds is 7. The third-order valence-corrected chi connectivity index (χ3v) is 6.80. The molecule has 5 rings (SSSR count). The van der Waals surface area contributed by atoms with Gasteiger partial charge in [-0.2, -0.15) is 10.1 Å². The predicted molar refractivity (Wildman–Crippen MR) is 126 cm³/mol. The van der Waals surface area contributed by atoms with Gasteiger partial charge < -0.3 is 14.8 Å². The molecule has 1 heterocycles. The molecule has 3 aliphatic rings. The molecule has 4 atom stereocenters. The Morgan fingerprint density at radius 2 is 1.89 bits per heavy atom. The van der Waals surface area contributed by atoms with Gasteiger partial charge in [0.05, 0.1) is 35.9 Å². The number of ether oxygens (including phenoxy) is 2. The molecule has 0 aromatic heterocycles. The van der Waals surface area contributed by atoms with E-state index >= 15 is 0 Å². The van der Waals surface area contributed by atoms with E-state index in [1.807, 2.05) is 12.2 Å². The first kappa shape index (κ1) is 23.0. The summed E-state index contributed by atoms with van der Waals surface area (Å²) in [7, 11) is 1.40. The zero-order valence-corrected chi connectivity index (χ0v) is 19.4. The summed E-state index contributed by atoms with van der Waals surface area (Å²) in [5.41, 5.74) is 0.499. The summed E-state index contributed by atoms with van der Waals surface area (Å²) >= 11 is 6.35. The number of fused-ring (bicyclic) bond motifs is 5. The fourth-order valence-corrected chi connectivity index (χ4v) is 5.24. The van der Waals surface area contributed by atoms with Crippen LogP contribution in [0.1, 0.15) is 12.0 Å². The molecule has 35 heavy (non-hydrogen) atoms. The molecule has 2 aliphatic carbocycles. The molecule has 4 unspecified atom stereocenters. The number of anilines is 1. The molecule has 0 radical (unpaired) electrons. The molecule has 2 fully saturated rings. The monoisotopic (exact) mass is 497 g/mol. The number of carbonyl (C=O) groups is 3. The van der Waals surface area contributed by atoms with Crippen LogP contribution in [0.15, 0.2) is 53.7 Å². The molecule has 1 saturated heterocycles. The number of carbonyl (C=O) groups excluding carboxylic acids is 3. The lowest BCUT2D eigenvalue weighted by Gasteiger charge is -2.14. The standard InChI is InChI=1S/C25H21ClFN3O5/c1-34-19-9-13(11-28-30-24(32)21-14-6-7-15(10-14)22(21)25(30)33)8-16(26)23(19)35-12-20(31)29-18-5-3-2-4-17(18)27/h2-9,11,14-15,21-22H,10,12H2,1H3,(H,29,31). The molecule has 180 valence electrons. The van der Waals surface area contributed by atoms with Crippen LogP contribution in [0.5, 0.6) is 11.5 Å². The second-order valence-corrected chi connectivity index (χ2v) is 8.99. The van der Waals surface area contributed by atoms with Crippen molar-refractivity contribution in [1.82, 2.24) is 5.01 Å². The van der Waals surface area contributed by atoms with Crippen LogP contribution in [0.4, 0.5) is 10.1 Å². The van der Waals surface area contributed by atoms with Gasteiger partial charge in [0, 0.05) is 0 Å². The van der Waals surface area contributed by atoms with Crippen LogP contribution in [0.2, 0.25) is 5.02 Å². The van der Waals surface area contributed by atoms with Crippen LogP contribution in [0.3, 0.4) is 0 Å². The van der Waals surface area contributed by atoms with E-state index in [4.69, 9.17) is 21.1 Å². The molecule has 1 saturated carbocycles. The molecule has 1 N–H and O–H groups in total. The second-order valence-electron chi connectivity index (χ2n) is 8.58.